The molecule has 1 atom stereocenters. The highest BCUT2D eigenvalue weighted by atomic mass is 16.5. The molecule has 0 spiro atoms. The zero-order chi connectivity index (χ0) is 17.5. The highest BCUT2D eigenvalue weighted by Crippen LogP contribution is 2.24. The van der Waals surface area contributed by atoms with E-state index in [0.29, 0.717) is 24.9 Å². The Kier molecular flexibility index (Phi) is 7.10. The monoisotopic (exact) mass is 333 g/mol. The molecule has 1 saturated heterocycles. The van der Waals surface area contributed by atoms with Crippen molar-refractivity contribution < 1.29 is 14.6 Å². The van der Waals surface area contributed by atoms with Gasteiger partial charge in [-0.3, -0.25) is 9.69 Å². The number of hydrogen-bond acceptors (Lipinski definition) is 3. The predicted octanol–water partition coefficient (Wildman–Crippen LogP) is 4.07. The molecule has 4 nitrogen and oxygen atoms in total. The van der Waals surface area contributed by atoms with E-state index in [4.69, 9.17) is 9.84 Å². The molecule has 0 aliphatic carbocycles. The Bertz CT molecular complexity index is 542. The summed E-state index contributed by atoms with van der Waals surface area (Å²) in [5, 5.41) is 8.93. The molecule has 1 fully saturated rings. The summed E-state index contributed by atoms with van der Waals surface area (Å²) in [7, 11) is 0. The molecule has 1 N–H and O–H groups in total. The number of carboxylic acids is 1. The fourth-order valence-corrected chi connectivity index (χ4v) is 3.58. The standard InChI is InChI=1S/C20H31NO3/c1-15(2)19-7-6-18(13-16(19)3)24-12-11-21-9-4-5-17(8-10-21)14-20(22)23/h6-7,13,15,17H,4-5,8-12,14H2,1-3H3,(H,22,23). The van der Waals surface area contributed by atoms with Crippen molar-refractivity contribution in [1.82, 2.24) is 4.90 Å². The van der Waals surface area contributed by atoms with Crippen LogP contribution in [0.25, 0.3) is 0 Å². The summed E-state index contributed by atoms with van der Waals surface area (Å²) in [6.45, 7) is 10.2. The summed E-state index contributed by atoms with van der Waals surface area (Å²) in [5.41, 5.74) is 2.66. The van der Waals surface area contributed by atoms with Crippen molar-refractivity contribution in [3.05, 3.63) is 29.3 Å². The van der Waals surface area contributed by atoms with Gasteiger partial charge in [0, 0.05) is 13.0 Å². The zero-order valence-electron chi connectivity index (χ0n) is 15.3. The molecule has 1 aliphatic rings. The molecule has 0 radical (unpaired) electrons. The third-order valence-corrected chi connectivity index (χ3v) is 4.94. The van der Waals surface area contributed by atoms with Crippen LogP contribution in [0.4, 0.5) is 0 Å². The van der Waals surface area contributed by atoms with E-state index in [0.717, 1.165) is 44.6 Å². The Morgan fingerprint density at radius 3 is 2.79 bits per heavy atom. The molecule has 134 valence electrons. The van der Waals surface area contributed by atoms with E-state index >= 15 is 0 Å². The first-order chi connectivity index (χ1) is 11.5. The molecular weight excluding hydrogens is 302 g/mol. The second-order valence-electron chi connectivity index (χ2n) is 7.26. The number of hydrogen-bond donors (Lipinski definition) is 1. The summed E-state index contributed by atoms with van der Waals surface area (Å²) >= 11 is 0. The van der Waals surface area contributed by atoms with Gasteiger partial charge in [0.2, 0.25) is 0 Å². The number of aryl methyl sites for hydroxylation is 1. The van der Waals surface area contributed by atoms with Gasteiger partial charge in [0.1, 0.15) is 12.4 Å². The third kappa shape index (κ3) is 5.82. The van der Waals surface area contributed by atoms with Crippen molar-refractivity contribution >= 4 is 5.97 Å². The van der Waals surface area contributed by atoms with Gasteiger partial charge >= 0.3 is 5.97 Å². The minimum Gasteiger partial charge on any atom is -0.492 e. The van der Waals surface area contributed by atoms with E-state index in [1.54, 1.807) is 0 Å². The second-order valence-corrected chi connectivity index (χ2v) is 7.26. The molecule has 0 amide bonds. The lowest BCUT2D eigenvalue weighted by Crippen LogP contribution is -2.29. The van der Waals surface area contributed by atoms with Crippen LogP contribution in [0.3, 0.4) is 0 Å². The van der Waals surface area contributed by atoms with Crippen LogP contribution in [-0.4, -0.2) is 42.2 Å². The Labute approximate surface area is 145 Å². The SMILES string of the molecule is Cc1cc(OCCN2CCCC(CC(=O)O)CC2)ccc1C(C)C. The number of likely N-dealkylation sites (tertiary alicyclic amines) is 1. The normalized spacial score (nSPS) is 19.2. The Morgan fingerprint density at radius 1 is 1.33 bits per heavy atom. The smallest absolute Gasteiger partial charge is 0.303 e. The molecule has 0 saturated carbocycles. The maximum absolute atomic E-state index is 10.9. The van der Waals surface area contributed by atoms with E-state index in [1.165, 1.54) is 11.1 Å². The number of rotatable bonds is 7. The van der Waals surface area contributed by atoms with Crippen LogP contribution in [-0.2, 0) is 4.79 Å². The summed E-state index contributed by atoms with van der Waals surface area (Å²) in [4.78, 5) is 13.3. The molecule has 1 unspecified atom stereocenters. The van der Waals surface area contributed by atoms with Gasteiger partial charge in [-0.15, -0.1) is 0 Å². The van der Waals surface area contributed by atoms with Crippen molar-refractivity contribution in [3.8, 4) is 5.75 Å². The number of benzene rings is 1. The summed E-state index contributed by atoms with van der Waals surface area (Å²) in [5.74, 6) is 1.14. The van der Waals surface area contributed by atoms with Crippen LogP contribution in [0.15, 0.2) is 18.2 Å². The lowest BCUT2D eigenvalue weighted by molar-refractivity contribution is -0.138. The van der Waals surface area contributed by atoms with Crippen LogP contribution in [0, 0.1) is 12.8 Å². The summed E-state index contributed by atoms with van der Waals surface area (Å²) < 4.78 is 5.92. The van der Waals surface area contributed by atoms with Crippen molar-refractivity contribution in [2.24, 2.45) is 5.92 Å². The lowest BCUT2D eigenvalue weighted by atomic mass is 9.97. The summed E-state index contributed by atoms with van der Waals surface area (Å²) in [6, 6.07) is 6.35. The Morgan fingerprint density at radius 2 is 2.12 bits per heavy atom. The number of nitrogens with zero attached hydrogens (tertiary/aromatic N) is 1. The molecule has 1 aromatic carbocycles. The van der Waals surface area contributed by atoms with Gasteiger partial charge in [-0.2, -0.15) is 0 Å². The summed E-state index contributed by atoms with van der Waals surface area (Å²) in [6.07, 6.45) is 3.40. The van der Waals surface area contributed by atoms with Crippen LogP contribution in [0.5, 0.6) is 5.75 Å². The highest BCUT2D eigenvalue weighted by Gasteiger charge is 2.19. The average molecular weight is 333 g/mol. The van der Waals surface area contributed by atoms with E-state index in [-0.39, 0.29) is 0 Å². The fourth-order valence-electron chi connectivity index (χ4n) is 3.58. The van der Waals surface area contributed by atoms with Crippen molar-refractivity contribution in [2.45, 2.75) is 52.4 Å². The van der Waals surface area contributed by atoms with E-state index in [1.807, 2.05) is 0 Å². The fraction of sp³-hybridized carbons (Fsp3) is 0.650. The third-order valence-electron chi connectivity index (χ3n) is 4.94. The quantitative estimate of drug-likeness (QED) is 0.817. The maximum atomic E-state index is 10.9. The number of carbonyl (C=O) groups is 1. The molecule has 0 aromatic heterocycles. The minimum atomic E-state index is -0.669. The van der Waals surface area contributed by atoms with Crippen LogP contribution < -0.4 is 4.74 Å². The highest BCUT2D eigenvalue weighted by molar-refractivity contribution is 5.67. The first-order valence-corrected chi connectivity index (χ1v) is 9.13. The molecule has 1 heterocycles. The molecule has 0 bridgehead atoms. The number of carboxylic acid groups (broad SMARTS) is 1. The van der Waals surface area contributed by atoms with Gasteiger partial charge in [-0.05, 0) is 74.4 Å². The molecule has 24 heavy (non-hydrogen) atoms. The van der Waals surface area contributed by atoms with Crippen LogP contribution in [0.2, 0.25) is 0 Å². The van der Waals surface area contributed by atoms with Crippen LogP contribution in [0.1, 0.15) is 56.6 Å². The van der Waals surface area contributed by atoms with Crippen molar-refractivity contribution in [3.63, 3.8) is 0 Å². The average Bonchev–Trinajstić information content (AvgIpc) is 2.72. The van der Waals surface area contributed by atoms with Gasteiger partial charge in [-0.1, -0.05) is 19.9 Å². The Balaban J connectivity index is 1.76. The maximum Gasteiger partial charge on any atom is 0.303 e. The topological polar surface area (TPSA) is 49.8 Å². The minimum absolute atomic E-state index is 0.311. The van der Waals surface area contributed by atoms with Gasteiger partial charge < -0.3 is 9.84 Å². The molecule has 1 aromatic rings. The molecule has 2 rings (SSSR count). The van der Waals surface area contributed by atoms with Crippen molar-refractivity contribution in [1.29, 1.82) is 0 Å². The molecular formula is C20H31NO3. The van der Waals surface area contributed by atoms with E-state index < -0.39 is 5.97 Å². The van der Waals surface area contributed by atoms with Gasteiger partial charge in [0.15, 0.2) is 0 Å². The largest absolute Gasteiger partial charge is 0.492 e. The Hall–Kier alpha value is -1.55. The molecule has 4 heteroatoms. The van der Waals surface area contributed by atoms with Gasteiger partial charge in [-0.25, -0.2) is 0 Å². The zero-order valence-corrected chi connectivity index (χ0v) is 15.3. The lowest BCUT2D eigenvalue weighted by Gasteiger charge is -2.20. The van der Waals surface area contributed by atoms with Crippen molar-refractivity contribution in [2.75, 3.05) is 26.2 Å². The van der Waals surface area contributed by atoms with E-state index in [2.05, 4.69) is 43.9 Å². The first kappa shape index (κ1) is 18.8. The van der Waals surface area contributed by atoms with E-state index in [9.17, 15) is 4.79 Å². The van der Waals surface area contributed by atoms with Gasteiger partial charge in [0.25, 0.3) is 0 Å². The number of ether oxygens (including phenoxy) is 1. The first-order valence-electron chi connectivity index (χ1n) is 9.13. The van der Waals surface area contributed by atoms with Gasteiger partial charge in [0.05, 0.1) is 0 Å². The predicted molar refractivity (Wildman–Crippen MR) is 96.8 cm³/mol. The second kappa shape index (κ2) is 9.07. The van der Waals surface area contributed by atoms with Crippen LogP contribution >= 0.6 is 0 Å². The number of aliphatic carboxylic acids is 1. The molecule has 1 aliphatic heterocycles.